The highest BCUT2D eigenvalue weighted by Gasteiger charge is 2.42. The first kappa shape index (κ1) is 12.0. The van der Waals surface area contributed by atoms with Crippen LogP contribution in [-0.4, -0.2) is 45.6 Å². The van der Waals surface area contributed by atoms with E-state index in [9.17, 15) is 19.8 Å². The molecule has 6 nitrogen and oxygen atoms in total. The van der Waals surface area contributed by atoms with E-state index >= 15 is 0 Å². The zero-order chi connectivity index (χ0) is 13.7. The lowest BCUT2D eigenvalue weighted by atomic mass is 10.1. The average molecular weight is 262 g/mol. The molecule has 2 aliphatic rings. The molecule has 3 N–H and O–H groups in total. The lowest BCUT2D eigenvalue weighted by Gasteiger charge is -2.19. The summed E-state index contributed by atoms with van der Waals surface area (Å²) in [6.45, 7) is 1.84. The number of nitrogens with zero attached hydrogens (tertiary/aromatic N) is 1. The summed E-state index contributed by atoms with van der Waals surface area (Å²) in [7, 11) is 0. The second kappa shape index (κ2) is 3.96. The Kier molecular flexibility index (Phi) is 2.50. The predicted octanol–water partition coefficient (Wildman–Crippen LogP) is 0.228. The van der Waals surface area contributed by atoms with Gasteiger partial charge < -0.3 is 20.4 Å². The third-order valence-electron chi connectivity index (χ3n) is 3.70. The van der Waals surface area contributed by atoms with E-state index in [-0.39, 0.29) is 41.8 Å². The van der Waals surface area contributed by atoms with Gasteiger partial charge >= 0.3 is 0 Å². The van der Waals surface area contributed by atoms with E-state index in [1.54, 1.807) is 19.1 Å². The highest BCUT2D eigenvalue weighted by molar-refractivity contribution is 6.11. The molecule has 0 saturated carbocycles. The van der Waals surface area contributed by atoms with Gasteiger partial charge in [0, 0.05) is 13.0 Å². The number of anilines is 1. The molecule has 2 amide bonds. The van der Waals surface area contributed by atoms with E-state index in [4.69, 9.17) is 0 Å². The fraction of sp³-hybridized carbons (Fsp3) is 0.385. The number of nitrogens with one attached hydrogen (secondary N) is 1. The Labute approximate surface area is 109 Å². The number of fused-ring (bicyclic) bond motifs is 2. The van der Waals surface area contributed by atoms with Gasteiger partial charge in [0.25, 0.3) is 5.91 Å². The largest absolute Gasteiger partial charge is 0.505 e. The molecule has 0 bridgehead atoms. The van der Waals surface area contributed by atoms with Crippen LogP contribution in [0.25, 0.3) is 0 Å². The normalized spacial score (nSPS) is 25.7. The number of benzene rings is 1. The van der Waals surface area contributed by atoms with Crippen LogP contribution in [0.4, 0.5) is 5.69 Å². The number of aryl methyl sites for hydroxylation is 1. The number of phenolic OH excluding ortho intramolecular Hbond substituents is 1. The van der Waals surface area contributed by atoms with Crippen LogP contribution < -0.4 is 5.32 Å². The quantitative estimate of drug-likeness (QED) is 0.584. The van der Waals surface area contributed by atoms with Crippen molar-refractivity contribution in [1.29, 1.82) is 0 Å². The highest BCUT2D eigenvalue weighted by Crippen LogP contribution is 2.36. The van der Waals surface area contributed by atoms with Crippen LogP contribution in [0, 0.1) is 6.92 Å². The van der Waals surface area contributed by atoms with Crippen molar-refractivity contribution in [2.45, 2.75) is 25.5 Å². The average Bonchev–Trinajstić information content (AvgIpc) is 2.72. The molecule has 3 rings (SSSR count). The molecular weight excluding hydrogens is 248 g/mol. The minimum Gasteiger partial charge on any atom is -0.505 e. The number of carbonyl (C=O) groups is 2. The minimum absolute atomic E-state index is 0.0825. The molecule has 1 saturated heterocycles. The van der Waals surface area contributed by atoms with Crippen molar-refractivity contribution >= 4 is 17.5 Å². The monoisotopic (exact) mass is 262 g/mol. The van der Waals surface area contributed by atoms with Crippen LogP contribution in [0.2, 0.25) is 0 Å². The van der Waals surface area contributed by atoms with Crippen LogP contribution in [0.5, 0.6) is 5.75 Å². The van der Waals surface area contributed by atoms with E-state index in [2.05, 4.69) is 5.32 Å². The molecular formula is C13H14N2O4. The fourth-order valence-corrected chi connectivity index (χ4v) is 2.65. The zero-order valence-electron chi connectivity index (χ0n) is 10.4. The summed E-state index contributed by atoms with van der Waals surface area (Å²) in [4.78, 5) is 25.8. The van der Waals surface area contributed by atoms with Crippen molar-refractivity contribution in [3.63, 3.8) is 0 Å². The predicted molar refractivity (Wildman–Crippen MR) is 66.9 cm³/mol. The van der Waals surface area contributed by atoms with Crippen LogP contribution in [0.1, 0.15) is 22.3 Å². The number of amides is 2. The molecule has 19 heavy (non-hydrogen) atoms. The molecule has 0 radical (unpaired) electrons. The lowest BCUT2D eigenvalue weighted by molar-refractivity contribution is -0.119. The van der Waals surface area contributed by atoms with Crippen LogP contribution in [0.15, 0.2) is 12.1 Å². The van der Waals surface area contributed by atoms with E-state index < -0.39 is 12.1 Å². The van der Waals surface area contributed by atoms with Gasteiger partial charge in [-0.1, -0.05) is 6.07 Å². The van der Waals surface area contributed by atoms with Gasteiger partial charge in [-0.3, -0.25) is 9.59 Å². The van der Waals surface area contributed by atoms with Gasteiger partial charge in [-0.2, -0.15) is 0 Å². The lowest BCUT2D eigenvalue weighted by Crippen LogP contribution is -2.40. The molecule has 2 atom stereocenters. The maximum Gasteiger partial charge on any atom is 0.256 e. The molecule has 1 aromatic carbocycles. The van der Waals surface area contributed by atoms with Crippen molar-refractivity contribution in [2.24, 2.45) is 0 Å². The summed E-state index contributed by atoms with van der Waals surface area (Å²) in [6.07, 6.45) is -0.453. The van der Waals surface area contributed by atoms with Gasteiger partial charge in [0.15, 0.2) is 0 Å². The minimum atomic E-state index is -0.680. The Morgan fingerprint density at radius 2 is 2.11 bits per heavy atom. The van der Waals surface area contributed by atoms with Gasteiger partial charge in [-0.15, -0.1) is 0 Å². The Balaban J connectivity index is 2.14. The number of aliphatic hydroxyl groups is 1. The van der Waals surface area contributed by atoms with Crippen molar-refractivity contribution in [1.82, 2.24) is 4.90 Å². The van der Waals surface area contributed by atoms with Crippen molar-refractivity contribution < 1.29 is 19.8 Å². The summed E-state index contributed by atoms with van der Waals surface area (Å²) in [5.74, 6) is -0.796. The van der Waals surface area contributed by atoms with Crippen molar-refractivity contribution in [3.8, 4) is 5.75 Å². The van der Waals surface area contributed by atoms with E-state index in [0.717, 1.165) is 0 Å². The highest BCUT2D eigenvalue weighted by atomic mass is 16.3. The Morgan fingerprint density at radius 3 is 2.84 bits per heavy atom. The Morgan fingerprint density at radius 1 is 1.37 bits per heavy atom. The molecule has 1 aromatic rings. The number of rotatable bonds is 0. The number of hydrogen-bond acceptors (Lipinski definition) is 4. The molecule has 6 heteroatoms. The zero-order valence-corrected chi connectivity index (χ0v) is 10.4. The molecule has 100 valence electrons. The summed E-state index contributed by atoms with van der Waals surface area (Å²) in [6, 6.07) is 2.54. The number of aliphatic hydroxyl groups excluding tert-OH is 1. The Hall–Kier alpha value is -2.08. The first-order chi connectivity index (χ1) is 8.99. The van der Waals surface area contributed by atoms with Gasteiger partial charge in [0.2, 0.25) is 5.91 Å². The smallest absolute Gasteiger partial charge is 0.256 e. The molecule has 2 heterocycles. The molecule has 0 aliphatic carbocycles. The number of hydrogen-bond donors (Lipinski definition) is 3. The molecule has 0 aromatic heterocycles. The van der Waals surface area contributed by atoms with Gasteiger partial charge in [-0.25, -0.2) is 0 Å². The first-order valence-corrected chi connectivity index (χ1v) is 6.11. The number of aromatic hydroxyl groups is 1. The van der Waals surface area contributed by atoms with Gasteiger partial charge in [0.05, 0.1) is 17.4 Å². The number of carbonyl (C=O) groups excluding carboxylic acids is 2. The van der Waals surface area contributed by atoms with E-state index in [1.165, 1.54) is 4.90 Å². The van der Waals surface area contributed by atoms with Gasteiger partial charge in [-0.05, 0) is 18.6 Å². The second-order valence-electron chi connectivity index (χ2n) is 5.01. The maximum absolute atomic E-state index is 12.4. The summed E-state index contributed by atoms with van der Waals surface area (Å²) < 4.78 is 0. The SMILES string of the molecule is Cc1ccc2c(c1O)NC(=O)[C@@H]1C[C@@H](O)CN1C2=O. The van der Waals surface area contributed by atoms with Crippen LogP contribution >= 0.6 is 0 Å². The fourth-order valence-electron chi connectivity index (χ4n) is 2.65. The van der Waals surface area contributed by atoms with Gasteiger partial charge in [0.1, 0.15) is 11.8 Å². The third-order valence-corrected chi connectivity index (χ3v) is 3.70. The third kappa shape index (κ3) is 1.67. The van der Waals surface area contributed by atoms with Crippen LogP contribution in [-0.2, 0) is 4.79 Å². The van der Waals surface area contributed by atoms with Crippen molar-refractivity contribution in [3.05, 3.63) is 23.3 Å². The molecule has 1 fully saturated rings. The van der Waals surface area contributed by atoms with Crippen molar-refractivity contribution in [2.75, 3.05) is 11.9 Å². The summed E-state index contributed by atoms with van der Waals surface area (Å²) in [5, 5.41) is 22.2. The van der Waals surface area contributed by atoms with E-state index in [1.807, 2.05) is 0 Å². The second-order valence-corrected chi connectivity index (χ2v) is 5.01. The van der Waals surface area contributed by atoms with E-state index in [0.29, 0.717) is 5.56 Å². The maximum atomic E-state index is 12.4. The Bertz CT molecular complexity index is 584. The standard InChI is InChI=1S/C13H14N2O4/c1-6-2-3-8-10(11(6)17)14-12(18)9-4-7(16)5-15(9)13(8)19/h2-3,7,9,16-17H,4-5H2,1H3,(H,14,18)/t7-,9+/m1/s1. The topological polar surface area (TPSA) is 89.9 Å². The molecule has 2 aliphatic heterocycles. The number of phenols is 1. The molecule has 0 spiro atoms. The molecule has 0 unspecified atom stereocenters. The summed E-state index contributed by atoms with van der Waals surface area (Å²) >= 11 is 0. The summed E-state index contributed by atoms with van der Waals surface area (Å²) in [5.41, 5.74) is 1.01. The van der Waals surface area contributed by atoms with Crippen LogP contribution in [0.3, 0.4) is 0 Å². The first-order valence-electron chi connectivity index (χ1n) is 6.11.